The second-order valence-corrected chi connectivity index (χ2v) is 4.00. The summed E-state index contributed by atoms with van der Waals surface area (Å²) in [6.45, 7) is -0.209. The van der Waals surface area contributed by atoms with E-state index in [4.69, 9.17) is 21.4 Å². The molecule has 0 atom stereocenters. The number of aliphatic hydroxyl groups is 1. The first-order valence-electron chi connectivity index (χ1n) is 5.29. The third-order valence-electron chi connectivity index (χ3n) is 2.32. The van der Waals surface area contributed by atoms with E-state index in [1.165, 1.54) is 6.07 Å². The number of aliphatic hydroxyl groups excluding tert-OH is 1. The van der Waals surface area contributed by atoms with Gasteiger partial charge in [0.15, 0.2) is 0 Å². The number of ether oxygens (including phenoxy) is 1. The van der Waals surface area contributed by atoms with Gasteiger partial charge in [0.2, 0.25) is 5.88 Å². The summed E-state index contributed by atoms with van der Waals surface area (Å²) in [5.41, 5.74) is 0.336. The zero-order valence-corrected chi connectivity index (χ0v) is 10.4. The monoisotopic (exact) mass is 280 g/mol. The Balaban J connectivity index is 2.35. The summed E-state index contributed by atoms with van der Waals surface area (Å²) in [6, 6.07) is 9.06. The van der Waals surface area contributed by atoms with Crippen LogP contribution in [-0.2, 0) is 6.61 Å². The number of halogens is 1. The van der Waals surface area contributed by atoms with Crippen LogP contribution in [-0.4, -0.2) is 15.0 Å². The molecule has 0 unspecified atom stereocenters. The molecule has 1 aromatic carbocycles. The highest BCUT2D eigenvalue weighted by Crippen LogP contribution is 2.28. The molecule has 0 radical (unpaired) electrons. The lowest BCUT2D eigenvalue weighted by Gasteiger charge is -2.08. The predicted molar refractivity (Wildman–Crippen MR) is 68.3 cm³/mol. The fraction of sp³-hybridized carbons (Fsp3) is 0.0833. The first kappa shape index (κ1) is 13.3. The fourth-order valence-corrected chi connectivity index (χ4v) is 1.66. The van der Waals surface area contributed by atoms with E-state index in [0.717, 1.165) is 6.07 Å². The highest BCUT2D eigenvalue weighted by Gasteiger charge is 2.12. The molecule has 0 spiro atoms. The Labute approximate surface area is 113 Å². The van der Waals surface area contributed by atoms with E-state index in [9.17, 15) is 10.1 Å². The highest BCUT2D eigenvalue weighted by molar-refractivity contribution is 6.29. The number of pyridine rings is 1. The minimum atomic E-state index is -0.585. The Morgan fingerprint density at radius 3 is 2.79 bits per heavy atom. The van der Waals surface area contributed by atoms with Crippen molar-refractivity contribution >= 4 is 17.3 Å². The molecular weight excluding hydrogens is 272 g/mol. The predicted octanol–water partition coefficient (Wildman–Crippen LogP) is 2.93. The van der Waals surface area contributed by atoms with Crippen molar-refractivity contribution in [3.63, 3.8) is 0 Å². The lowest BCUT2D eigenvalue weighted by Crippen LogP contribution is -1.95. The third kappa shape index (κ3) is 3.18. The molecule has 19 heavy (non-hydrogen) atoms. The smallest absolute Gasteiger partial charge is 0.277 e. The van der Waals surface area contributed by atoms with Gasteiger partial charge in [-0.15, -0.1) is 0 Å². The number of rotatable bonds is 4. The van der Waals surface area contributed by atoms with Crippen LogP contribution in [0.15, 0.2) is 36.4 Å². The topological polar surface area (TPSA) is 85.5 Å². The first-order valence-corrected chi connectivity index (χ1v) is 5.66. The van der Waals surface area contributed by atoms with Gasteiger partial charge in [0.1, 0.15) is 10.9 Å². The van der Waals surface area contributed by atoms with Crippen molar-refractivity contribution in [1.29, 1.82) is 0 Å². The maximum atomic E-state index is 10.7. The van der Waals surface area contributed by atoms with Crippen LogP contribution in [0.4, 0.5) is 5.69 Å². The largest absolute Gasteiger partial charge is 0.438 e. The Morgan fingerprint density at radius 2 is 2.11 bits per heavy atom. The van der Waals surface area contributed by atoms with E-state index in [0.29, 0.717) is 11.3 Å². The van der Waals surface area contributed by atoms with Crippen molar-refractivity contribution in [1.82, 2.24) is 4.98 Å². The molecule has 2 aromatic rings. The van der Waals surface area contributed by atoms with Crippen molar-refractivity contribution in [2.24, 2.45) is 0 Å². The average molecular weight is 281 g/mol. The van der Waals surface area contributed by atoms with E-state index < -0.39 is 4.92 Å². The van der Waals surface area contributed by atoms with Crippen molar-refractivity contribution in [3.05, 3.63) is 57.2 Å². The fourth-order valence-electron chi connectivity index (χ4n) is 1.46. The molecule has 0 aliphatic rings. The lowest BCUT2D eigenvalue weighted by atomic mass is 10.2. The lowest BCUT2D eigenvalue weighted by molar-refractivity contribution is -0.385. The van der Waals surface area contributed by atoms with E-state index in [-0.39, 0.29) is 23.3 Å². The number of nitrogens with zero attached hydrogens (tertiary/aromatic N) is 2. The van der Waals surface area contributed by atoms with Gasteiger partial charge in [-0.3, -0.25) is 10.1 Å². The second-order valence-electron chi connectivity index (χ2n) is 3.61. The van der Waals surface area contributed by atoms with Gasteiger partial charge in [-0.25, -0.2) is 4.98 Å². The van der Waals surface area contributed by atoms with Crippen LogP contribution < -0.4 is 4.74 Å². The molecule has 7 heteroatoms. The standard InChI is InChI=1S/C12H9ClN2O4/c13-11-5-9(15(17)18)6-12(14-11)19-10-4-2-1-3-8(10)7-16/h1-6,16H,7H2. The van der Waals surface area contributed by atoms with Gasteiger partial charge in [0.25, 0.3) is 5.69 Å². The number of hydrogen-bond donors (Lipinski definition) is 1. The zero-order chi connectivity index (χ0) is 13.8. The SMILES string of the molecule is O=[N+]([O-])c1cc(Cl)nc(Oc2ccccc2CO)c1. The van der Waals surface area contributed by atoms with E-state index in [1.807, 2.05) is 0 Å². The molecule has 0 bridgehead atoms. The van der Waals surface area contributed by atoms with Gasteiger partial charge >= 0.3 is 0 Å². The Morgan fingerprint density at radius 1 is 1.37 bits per heavy atom. The summed E-state index contributed by atoms with van der Waals surface area (Å²) >= 11 is 5.69. The highest BCUT2D eigenvalue weighted by atomic mass is 35.5. The van der Waals surface area contributed by atoms with Crippen molar-refractivity contribution < 1.29 is 14.8 Å². The van der Waals surface area contributed by atoms with Crippen LogP contribution in [0.1, 0.15) is 5.56 Å². The van der Waals surface area contributed by atoms with E-state index in [2.05, 4.69) is 4.98 Å². The minimum absolute atomic E-state index is 0.0000926. The van der Waals surface area contributed by atoms with Crippen LogP contribution >= 0.6 is 11.6 Å². The molecule has 0 aliphatic carbocycles. The molecule has 2 rings (SSSR count). The summed E-state index contributed by atoms with van der Waals surface area (Å²) in [7, 11) is 0. The average Bonchev–Trinajstić information content (AvgIpc) is 2.38. The Hall–Kier alpha value is -2.18. The van der Waals surface area contributed by atoms with Gasteiger partial charge in [-0.05, 0) is 6.07 Å². The number of aromatic nitrogens is 1. The van der Waals surface area contributed by atoms with Gasteiger partial charge in [-0.2, -0.15) is 0 Å². The Kier molecular flexibility index (Phi) is 3.94. The molecule has 0 aliphatic heterocycles. The van der Waals surface area contributed by atoms with Crippen molar-refractivity contribution in [2.45, 2.75) is 6.61 Å². The summed E-state index contributed by atoms with van der Waals surface area (Å²) in [4.78, 5) is 14.0. The number of nitro groups is 1. The third-order valence-corrected chi connectivity index (χ3v) is 2.52. The molecule has 1 N–H and O–H groups in total. The molecule has 0 saturated carbocycles. The number of hydrogen-bond acceptors (Lipinski definition) is 5. The Bertz CT molecular complexity index is 618. The minimum Gasteiger partial charge on any atom is -0.438 e. The second kappa shape index (κ2) is 5.64. The first-order chi connectivity index (χ1) is 9.10. The van der Waals surface area contributed by atoms with Crippen LogP contribution in [0.25, 0.3) is 0 Å². The van der Waals surface area contributed by atoms with E-state index >= 15 is 0 Å². The molecule has 6 nitrogen and oxygen atoms in total. The molecule has 1 aromatic heterocycles. The van der Waals surface area contributed by atoms with Crippen LogP contribution in [0.3, 0.4) is 0 Å². The summed E-state index contributed by atoms with van der Waals surface area (Å²) in [6.07, 6.45) is 0. The normalized spacial score (nSPS) is 10.2. The summed E-state index contributed by atoms with van der Waals surface area (Å²) in [5, 5.41) is 19.8. The van der Waals surface area contributed by atoms with E-state index in [1.54, 1.807) is 24.3 Å². The van der Waals surface area contributed by atoms with Gasteiger partial charge in [0.05, 0.1) is 23.7 Å². The van der Waals surface area contributed by atoms with Gasteiger partial charge in [-0.1, -0.05) is 29.8 Å². The van der Waals surface area contributed by atoms with Crippen LogP contribution in [0, 0.1) is 10.1 Å². The van der Waals surface area contributed by atoms with Gasteiger partial charge in [0, 0.05) is 5.56 Å². The molecule has 0 fully saturated rings. The summed E-state index contributed by atoms with van der Waals surface area (Å²) in [5.74, 6) is 0.370. The maximum Gasteiger partial charge on any atom is 0.277 e. The molecule has 0 saturated heterocycles. The van der Waals surface area contributed by atoms with Crippen LogP contribution in [0.2, 0.25) is 5.15 Å². The molecule has 98 valence electrons. The molecular formula is C12H9ClN2O4. The summed E-state index contributed by atoms with van der Waals surface area (Å²) < 4.78 is 5.41. The number of para-hydroxylation sites is 1. The van der Waals surface area contributed by atoms with Crippen molar-refractivity contribution in [3.8, 4) is 11.6 Å². The molecule has 0 amide bonds. The molecule has 1 heterocycles. The maximum absolute atomic E-state index is 10.7. The number of benzene rings is 1. The quantitative estimate of drug-likeness (QED) is 0.529. The zero-order valence-electron chi connectivity index (χ0n) is 9.62. The van der Waals surface area contributed by atoms with Gasteiger partial charge < -0.3 is 9.84 Å². The van der Waals surface area contributed by atoms with Crippen molar-refractivity contribution in [2.75, 3.05) is 0 Å². The van der Waals surface area contributed by atoms with Crippen LogP contribution in [0.5, 0.6) is 11.6 Å².